The van der Waals surface area contributed by atoms with Gasteiger partial charge in [-0.05, 0) is 18.1 Å². The van der Waals surface area contributed by atoms with Crippen molar-refractivity contribution in [1.82, 2.24) is 9.97 Å². The number of nitrogens with one attached hydrogen (secondary N) is 1. The maximum absolute atomic E-state index is 12.3. The van der Waals surface area contributed by atoms with Crippen molar-refractivity contribution in [3.8, 4) is 16.5 Å². The van der Waals surface area contributed by atoms with Crippen LogP contribution < -0.4 is 10.2 Å². The summed E-state index contributed by atoms with van der Waals surface area (Å²) in [6.45, 7) is 8.17. The van der Waals surface area contributed by atoms with Crippen LogP contribution in [-0.2, 0) is 0 Å². The van der Waals surface area contributed by atoms with Crippen molar-refractivity contribution < 1.29 is 4.74 Å². The lowest BCUT2D eigenvalue weighted by atomic mass is 10.1. The fourth-order valence-corrected chi connectivity index (χ4v) is 3.45. The maximum Gasteiger partial charge on any atom is 0.190 e. The van der Waals surface area contributed by atoms with Crippen LogP contribution in [0.25, 0.3) is 21.6 Å². The number of nitrogens with zero attached hydrogens (tertiary/aromatic N) is 1. The van der Waals surface area contributed by atoms with Gasteiger partial charge in [-0.3, -0.25) is 4.79 Å². The van der Waals surface area contributed by atoms with Crippen LogP contribution in [-0.4, -0.2) is 17.1 Å². The third-order valence-electron chi connectivity index (χ3n) is 3.47. The zero-order chi connectivity index (χ0) is 17.9. The molecule has 0 aliphatic rings. The number of rotatable bonds is 3. The van der Waals surface area contributed by atoms with Gasteiger partial charge >= 0.3 is 0 Å². The number of halogens is 1. The number of benzene rings is 1. The maximum atomic E-state index is 12.3. The number of aromatic nitrogens is 2. The zero-order valence-corrected chi connectivity index (χ0v) is 16.0. The van der Waals surface area contributed by atoms with Crippen LogP contribution in [0.2, 0.25) is 5.02 Å². The molecule has 3 rings (SSSR count). The normalized spacial score (nSPS) is 10.6. The molecule has 3 aromatic rings. The molecule has 2 aromatic heterocycles. The summed E-state index contributed by atoms with van der Waals surface area (Å²) >= 11 is 7.83. The second kappa shape index (κ2) is 7.81. The number of ether oxygens (including phenoxy) is 1. The second-order valence-corrected chi connectivity index (χ2v) is 6.52. The smallest absolute Gasteiger partial charge is 0.190 e. The molecule has 0 atom stereocenters. The molecule has 0 fully saturated rings. The van der Waals surface area contributed by atoms with Crippen LogP contribution in [0.3, 0.4) is 0 Å². The van der Waals surface area contributed by atoms with Gasteiger partial charge in [-0.1, -0.05) is 39.3 Å². The van der Waals surface area contributed by atoms with Gasteiger partial charge in [0, 0.05) is 16.8 Å². The minimum absolute atomic E-state index is 0.0883. The minimum atomic E-state index is -0.0883. The summed E-state index contributed by atoms with van der Waals surface area (Å²) in [5.41, 5.74) is 2.17. The summed E-state index contributed by atoms with van der Waals surface area (Å²) in [4.78, 5) is 20.1. The molecule has 0 saturated carbocycles. The van der Waals surface area contributed by atoms with Gasteiger partial charge in [0.25, 0.3) is 0 Å². The molecule has 0 aliphatic heterocycles. The van der Waals surface area contributed by atoms with Crippen molar-refractivity contribution in [3.63, 3.8) is 0 Å². The van der Waals surface area contributed by atoms with E-state index in [-0.39, 0.29) is 5.43 Å². The van der Waals surface area contributed by atoms with Crippen molar-refractivity contribution in [2.75, 3.05) is 7.11 Å². The molecule has 4 nitrogen and oxygen atoms in total. The van der Waals surface area contributed by atoms with Crippen molar-refractivity contribution in [2.45, 2.75) is 33.6 Å². The first kappa shape index (κ1) is 18.5. The Morgan fingerprint density at radius 3 is 2.58 bits per heavy atom. The fourth-order valence-electron chi connectivity index (χ4n) is 2.21. The molecule has 0 unspecified atom stereocenters. The van der Waals surface area contributed by atoms with Gasteiger partial charge in [-0.15, -0.1) is 11.3 Å². The number of fused-ring (bicyclic) bond motifs is 1. The standard InChI is InChI=1S/C16H15ClN2O2S.C2H6/c1-8(2)11-7-22-16(19-11)10-6-12(20)9-4-5-13(21-3)14(17)15(9)18-10;1-2/h4-8H,1-3H3,(H,18,20);1-2H3. The molecule has 0 bridgehead atoms. The topological polar surface area (TPSA) is 55.0 Å². The first-order chi connectivity index (χ1) is 11.5. The SMILES string of the molecule is CC.COc1ccc2c(=O)cc(-c3nc(C(C)C)cs3)[nH]c2c1Cl. The lowest BCUT2D eigenvalue weighted by molar-refractivity contribution is 0.415. The van der Waals surface area contributed by atoms with Crippen molar-refractivity contribution >= 4 is 33.8 Å². The fraction of sp³-hybridized carbons (Fsp3) is 0.333. The molecule has 0 saturated heterocycles. The Labute approximate surface area is 150 Å². The van der Waals surface area contributed by atoms with E-state index >= 15 is 0 Å². The third-order valence-corrected chi connectivity index (χ3v) is 4.74. The molecule has 1 N–H and O–H groups in total. The highest BCUT2D eigenvalue weighted by Gasteiger charge is 2.13. The lowest BCUT2D eigenvalue weighted by Gasteiger charge is -2.07. The van der Waals surface area contributed by atoms with Gasteiger partial charge < -0.3 is 9.72 Å². The first-order valence-electron chi connectivity index (χ1n) is 7.86. The molecule has 0 amide bonds. The van der Waals surface area contributed by atoms with Crippen LogP contribution >= 0.6 is 22.9 Å². The quantitative estimate of drug-likeness (QED) is 0.671. The molecule has 0 spiro atoms. The van der Waals surface area contributed by atoms with Gasteiger partial charge in [-0.2, -0.15) is 0 Å². The highest BCUT2D eigenvalue weighted by molar-refractivity contribution is 7.13. The minimum Gasteiger partial charge on any atom is -0.495 e. The number of H-pyrrole nitrogens is 1. The van der Waals surface area contributed by atoms with E-state index in [4.69, 9.17) is 16.3 Å². The van der Waals surface area contributed by atoms with Crippen molar-refractivity contribution in [3.05, 3.63) is 44.5 Å². The Morgan fingerprint density at radius 1 is 1.29 bits per heavy atom. The van der Waals surface area contributed by atoms with Crippen LogP contribution in [0.15, 0.2) is 28.4 Å². The van der Waals surface area contributed by atoms with Crippen LogP contribution in [0.4, 0.5) is 0 Å². The van der Waals surface area contributed by atoms with Crippen molar-refractivity contribution in [2.24, 2.45) is 0 Å². The Morgan fingerprint density at radius 2 is 2.00 bits per heavy atom. The molecular formula is C18H21ClN2O2S. The first-order valence-corrected chi connectivity index (χ1v) is 9.12. The Bertz CT molecular complexity index is 900. The Balaban J connectivity index is 0.00000100. The van der Waals surface area contributed by atoms with E-state index in [1.54, 1.807) is 25.3 Å². The zero-order valence-electron chi connectivity index (χ0n) is 14.4. The number of aromatic amines is 1. The monoisotopic (exact) mass is 364 g/mol. The number of pyridine rings is 1. The van der Waals surface area contributed by atoms with E-state index in [1.165, 1.54) is 11.3 Å². The van der Waals surface area contributed by atoms with E-state index in [2.05, 4.69) is 23.8 Å². The van der Waals surface area contributed by atoms with Gasteiger partial charge in [0.05, 0.1) is 24.0 Å². The van der Waals surface area contributed by atoms with Crippen LogP contribution in [0.1, 0.15) is 39.3 Å². The predicted molar refractivity (Wildman–Crippen MR) is 103 cm³/mol. The number of hydrogen-bond acceptors (Lipinski definition) is 4. The average molecular weight is 365 g/mol. The van der Waals surface area contributed by atoms with Crippen molar-refractivity contribution in [1.29, 1.82) is 0 Å². The molecular weight excluding hydrogens is 344 g/mol. The average Bonchev–Trinajstić information content (AvgIpc) is 3.08. The molecule has 128 valence electrons. The van der Waals surface area contributed by atoms with Gasteiger partial charge in [0.15, 0.2) is 5.43 Å². The number of thiazole rings is 1. The van der Waals surface area contributed by atoms with E-state index in [0.29, 0.717) is 33.3 Å². The van der Waals surface area contributed by atoms with E-state index < -0.39 is 0 Å². The number of methoxy groups -OCH3 is 1. The Kier molecular flexibility index (Phi) is 6.02. The molecule has 24 heavy (non-hydrogen) atoms. The molecule has 1 aromatic carbocycles. The summed E-state index contributed by atoms with van der Waals surface area (Å²) in [7, 11) is 1.55. The van der Waals surface area contributed by atoms with Gasteiger partial charge in [0.1, 0.15) is 15.8 Å². The summed E-state index contributed by atoms with van der Waals surface area (Å²) in [5, 5.41) is 3.73. The lowest BCUT2D eigenvalue weighted by Crippen LogP contribution is -2.04. The van der Waals surface area contributed by atoms with Gasteiger partial charge in [0.2, 0.25) is 0 Å². The van der Waals surface area contributed by atoms with Crippen LogP contribution in [0.5, 0.6) is 5.75 Å². The highest BCUT2D eigenvalue weighted by atomic mass is 35.5. The van der Waals surface area contributed by atoms with Gasteiger partial charge in [-0.25, -0.2) is 4.98 Å². The third kappa shape index (κ3) is 3.47. The second-order valence-electron chi connectivity index (χ2n) is 5.28. The largest absolute Gasteiger partial charge is 0.495 e. The molecule has 0 radical (unpaired) electrons. The summed E-state index contributed by atoms with van der Waals surface area (Å²) in [5.74, 6) is 0.879. The molecule has 2 heterocycles. The number of hydrogen-bond donors (Lipinski definition) is 1. The molecule has 0 aliphatic carbocycles. The van der Waals surface area contributed by atoms with Crippen LogP contribution in [0, 0.1) is 0 Å². The summed E-state index contributed by atoms with van der Waals surface area (Å²) < 4.78 is 5.21. The van der Waals surface area contributed by atoms with E-state index in [9.17, 15) is 4.79 Å². The predicted octanol–water partition coefficient (Wildman–Crippen LogP) is 5.46. The Hall–Kier alpha value is -1.85. The summed E-state index contributed by atoms with van der Waals surface area (Å²) in [6.07, 6.45) is 0. The highest BCUT2D eigenvalue weighted by Crippen LogP contribution is 2.32. The molecule has 6 heteroatoms. The van der Waals surface area contributed by atoms with E-state index in [0.717, 1.165) is 10.7 Å². The van der Waals surface area contributed by atoms with E-state index in [1.807, 2.05) is 19.2 Å². The summed E-state index contributed by atoms with van der Waals surface area (Å²) in [6, 6.07) is 4.97.